The minimum absolute atomic E-state index is 0.0153. The molecule has 1 heterocycles. The van der Waals surface area contributed by atoms with Gasteiger partial charge in [0.1, 0.15) is 10.4 Å². The van der Waals surface area contributed by atoms with Crippen molar-refractivity contribution in [3.05, 3.63) is 57.4 Å². The Balaban J connectivity index is 1.77. The maximum Gasteiger partial charge on any atom is 0.326 e. The third kappa shape index (κ3) is 7.31. The molecule has 10 nitrogen and oxygen atoms in total. The number of aliphatic carboxylic acids is 2. The van der Waals surface area contributed by atoms with Gasteiger partial charge in [0.25, 0.3) is 11.8 Å². The zero-order valence-corrected chi connectivity index (χ0v) is 22.5. The van der Waals surface area contributed by atoms with Crippen molar-refractivity contribution in [3.63, 3.8) is 0 Å². The Morgan fingerprint density at radius 2 is 1.89 bits per heavy atom. The van der Waals surface area contributed by atoms with E-state index in [1.54, 1.807) is 36.4 Å². The van der Waals surface area contributed by atoms with E-state index in [9.17, 15) is 24.3 Å². The number of anilines is 1. The van der Waals surface area contributed by atoms with E-state index >= 15 is 0 Å². The summed E-state index contributed by atoms with van der Waals surface area (Å²) in [6, 6.07) is 10.7. The van der Waals surface area contributed by atoms with Gasteiger partial charge in [-0.15, -0.1) is 0 Å². The summed E-state index contributed by atoms with van der Waals surface area (Å²) in [7, 11) is 1.42. The largest absolute Gasteiger partial charge is 0.493 e. The maximum atomic E-state index is 13.0. The number of nitrogens with zero attached hydrogens (tertiary/aromatic N) is 1. The zero-order valence-electron chi connectivity index (χ0n) is 19.3. The van der Waals surface area contributed by atoms with Crippen molar-refractivity contribution in [2.45, 2.75) is 18.9 Å². The number of carboxylic acid groups (broad SMARTS) is 2. The highest BCUT2D eigenvalue weighted by Crippen LogP contribution is 2.39. The minimum atomic E-state index is -1.40. The van der Waals surface area contributed by atoms with Gasteiger partial charge in [0.15, 0.2) is 18.1 Å². The van der Waals surface area contributed by atoms with Gasteiger partial charge >= 0.3 is 11.9 Å². The number of benzene rings is 2. The molecule has 1 atom stereocenters. The second-order valence-electron chi connectivity index (χ2n) is 7.57. The molecule has 1 unspecified atom stereocenters. The average molecular weight is 609 g/mol. The van der Waals surface area contributed by atoms with E-state index in [-0.39, 0.29) is 33.9 Å². The SMILES string of the molecule is COc1cc(C=C2SC(=S)N(C(CCC(=O)O)C(=O)O)C2=O)c(Br)cc1OCC(=O)Nc1ccccc1. The summed E-state index contributed by atoms with van der Waals surface area (Å²) in [5.41, 5.74) is 1.14. The summed E-state index contributed by atoms with van der Waals surface area (Å²) in [5.74, 6) is -2.96. The molecule has 0 spiro atoms. The molecule has 2 amide bonds. The van der Waals surface area contributed by atoms with Crippen LogP contribution in [0.15, 0.2) is 51.8 Å². The number of ether oxygens (including phenoxy) is 2. The standard InChI is InChI=1S/C24H21BrN2O8S2/c1-34-17-9-13(15(25)11-18(17)35-12-20(28)26-14-5-3-2-4-6-14)10-19-22(31)27(24(36)37-19)16(23(32)33)7-8-21(29)30/h2-6,9-11,16H,7-8,12H2,1H3,(H,26,28)(H,29,30)(H,32,33). The first kappa shape index (κ1) is 28.2. The fourth-order valence-corrected chi connectivity index (χ4v) is 5.09. The summed E-state index contributed by atoms with van der Waals surface area (Å²) in [6.45, 7) is -0.275. The van der Waals surface area contributed by atoms with E-state index in [0.717, 1.165) is 16.7 Å². The maximum absolute atomic E-state index is 13.0. The molecule has 1 fully saturated rings. The molecule has 37 heavy (non-hydrogen) atoms. The Bertz CT molecular complexity index is 1270. The Kier molecular flexibility index (Phi) is 9.66. The Morgan fingerprint density at radius 1 is 1.19 bits per heavy atom. The number of carbonyl (C=O) groups is 4. The second kappa shape index (κ2) is 12.7. The van der Waals surface area contributed by atoms with Gasteiger partial charge < -0.3 is 25.0 Å². The highest BCUT2D eigenvalue weighted by Gasteiger charge is 2.40. The summed E-state index contributed by atoms with van der Waals surface area (Å²) < 4.78 is 11.5. The summed E-state index contributed by atoms with van der Waals surface area (Å²) >= 11 is 9.54. The third-order valence-corrected chi connectivity index (χ3v) is 7.05. The van der Waals surface area contributed by atoms with Gasteiger partial charge in [0, 0.05) is 16.6 Å². The van der Waals surface area contributed by atoms with E-state index < -0.39 is 30.3 Å². The van der Waals surface area contributed by atoms with Crippen molar-refractivity contribution in [3.8, 4) is 11.5 Å². The molecule has 0 aromatic heterocycles. The van der Waals surface area contributed by atoms with Crippen molar-refractivity contribution in [2.24, 2.45) is 0 Å². The molecule has 0 bridgehead atoms. The summed E-state index contributed by atoms with van der Waals surface area (Å²) in [6.07, 6.45) is 0.792. The van der Waals surface area contributed by atoms with E-state index in [0.29, 0.717) is 21.5 Å². The number of para-hydroxylation sites is 1. The summed E-state index contributed by atoms with van der Waals surface area (Å²) in [5, 5.41) is 21.2. The first-order valence-electron chi connectivity index (χ1n) is 10.7. The van der Waals surface area contributed by atoms with Gasteiger partial charge in [-0.2, -0.15) is 0 Å². The molecule has 2 aromatic rings. The number of amides is 2. The predicted octanol–water partition coefficient (Wildman–Crippen LogP) is 3.99. The molecule has 3 rings (SSSR count). The minimum Gasteiger partial charge on any atom is -0.493 e. The molecule has 1 aliphatic heterocycles. The number of thioether (sulfide) groups is 1. The monoisotopic (exact) mass is 608 g/mol. The number of carbonyl (C=O) groups excluding carboxylic acids is 2. The first-order valence-corrected chi connectivity index (χ1v) is 12.7. The Labute approximate surface area is 229 Å². The fraction of sp³-hybridized carbons (Fsp3) is 0.208. The number of rotatable bonds is 11. The molecule has 1 saturated heterocycles. The van der Waals surface area contributed by atoms with Crippen LogP contribution in [-0.2, 0) is 19.2 Å². The molecule has 1 aliphatic rings. The Hall–Kier alpha value is -3.42. The molecular weight excluding hydrogens is 588 g/mol. The van der Waals surface area contributed by atoms with Crippen LogP contribution in [-0.4, -0.2) is 62.9 Å². The topological polar surface area (TPSA) is 142 Å². The van der Waals surface area contributed by atoms with Crippen LogP contribution >= 0.6 is 39.9 Å². The van der Waals surface area contributed by atoms with Crippen LogP contribution in [0.25, 0.3) is 6.08 Å². The number of hydrogen-bond acceptors (Lipinski definition) is 8. The quantitative estimate of drug-likeness (QED) is 0.253. The number of methoxy groups -OCH3 is 1. The molecule has 13 heteroatoms. The van der Waals surface area contributed by atoms with Crippen LogP contribution in [0.1, 0.15) is 18.4 Å². The van der Waals surface area contributed by atoms with Crippen molar-refractivity contribution >= 4 is 79.7 Å². The van der Waals surface area contributed by atoms with Crippen LogP contribution in [0.5, 0.6) is 11.5 Å². The van der Waals surface area contributed by atoms with Crippen molar-refractivity contribution in [1.82, 2.24) is 4.90 Å². The van der Waals surface area contributed by atoms with Crippen LogP contribution in [0, 0.1) is 0 Å². The van der Waals surface area contributed by atoms with E-state index in [1.807, 2.05) is 6.07 Å². The molecule has 0 radical (unpaired) electrons. The average Bonchev–Trinajstić information content (AvgIpc) is 3.12. The van der Waals surface area contributed by atoms with Gasteiger partial charge in [-0.1, -0.05) is 58.1 Å². The zero-order chi connectivity index (χ0) is 27.1. The highest BCUT2D eigenvalue weighted by atomic mass is 79.9. The van der Waals surface area contributed by atoms with Gasteiger partial charge in [0.2, 0.25) is 0 Å². The van der Waals surface area contributed by atoms with Gasteiger partial charge in [-0.3, -0.25) is 19.3 Å². The van der Waals surface area contributed by atoms with Crippen molar-refractivity contribution in [1.29, 1.82) is 0 Å². The van der Waals surface area contributed by atoms with Crippen LogP contribution < -0.4 is 14.8 Å². The summed E-state index contributed by atoms with van der Waals surface area (Å²) in [4.78, 5) is 48.9. The van der Waals surface area contributed by atoms with Crippen LogP contribution in [0.2, 0.25) is 0 Å². The lowest BCUT2D eigenvalue weighted by molar-refractivity contribution is -0.146. The lowest BCUT2D eigenvalue weighted by Gasteiger charge is -2.22. The van der Waals surface area contributed by atoms with Crippen LogP contribution in [0.4, 0.5) is 5.69 Å². The van der Waals surface area contributed by atoms with E-state index in [4.69, 9.17) is 26.8 Å². The van der Waals surface area contributed by atoms with Crippen molar-refractivity contribution < 1.29 is 38.9 Å². The lowest BCUT2D eigenvalue weighted by Crippen LogP contribution is -2.44. The van der Waals surface area contributed by atoms with E-state index in [2.05, 4.69) is 21.2 Å². The normalized spacial score (nSPS) is 15.0. The number of halogens is 1. The van der Waals surface area contributed by atoms with Gasteiger partial charge in [-0.05, 0) is 42.3 Å². The van der Waals surface area contributed by atoms with Crippen molar-refractivity contribution in [2.75, 3.05) is 19.0 Å². The first-order chi connectivity index (χ1) is 17.6. The Morgan fingerprint density at radius 3 is 2.51 bits per heavy atom. The molecule has 2 aromatic carbocycles. The molecule has 0 saturated carbocycles. The fourth-order valence-electron chi connectivity index (χ4n) is 3.31. The second-order valence-corrected chi connectivity index (χ2v) is 10.1. The molecule has 0 aliphatic carbocycles. The number of carboxylic acids is 2. The van der Waals surface area contributed by atoms with Gasteiger partial charge in [-0.25, -0.2) is 4.79 Å². The number of nitrogens with one attached hydrogen (secondary N) is 1. The van der Waals surface area contributed by atoms with Gasteiger partial charge in [0.05, 0.1) is 12.0 Å². The van der Waals surface area contributed by atoms with Crippen LogP contribution in [0.3, 0.4) is 0 Å². The third-order valence-electron chi connectivity index (χ3n) is 5.04. The lowest BCUT2D eigenvalue weighted by atomic mass is 10.1. The highest BCUT2D eigenvalue weighted by molar-refractivity contribution is 9.10. The predicted molar refractivity (Wildman–Crippen MR) is 145 cm³/mol. The molecule has 3 N–H and O–H groups in total. The smallest absolute Gasteiger partial charge is 0.326 e. The van der Waals surface area contributed by atoms with E-state index in [1.165, 1.54) is 13.2 Å². The molecule has 194 valence electrons. The number of thiocarbonyl (C=S) groups is 1. The number of hydrogen-bond donors (Lipinski definition) is 3. The molecular formula is C24H21BrN2O8S2.